The predicted molar refractivity (Wildman–Crippen MR) is 72.3 cm³/mol. The zero-order valence-electron chi connectivity index (χ0n) is 11.0. The van der Waals surface area contributed by atoms with Gasteiger partial charge in [-0.15, -0.1) is 0 Å². The molecular formula is C12H13N3O5S. The summed E-state index contributed by atoms with van der Waals surface area (Å²) < 4.78 is 25.4. The van der Waals surface area contributed by atoms with E-state index in [2.05, 4.69) is 5.32 Å². The van der Waals surface area contributed by atoms with Gasteiger partial charge in [0.25, 0.3) is 21.6 Å². The molecule has 1 aromatic rings. The van der Waals surface area contributed by atoms with Crippen molar-refractivity contribution in [2.45, 2.75) is 23.8 Å². The van der Waals surface area contributed by atoms with E-state index in [1.165, 1.54) is 6.07 Å². The van der Waals surface area contributed by atoms with Gasteiger partial charge in [-0.2, -0.15) is 0 Å². The minimum atomic E-state index is -3.99. The van der Waals surface area contributed by atoms with Gasteiger partial charge >= 0.3 is 0 Å². The number of nitro groups is 1. The standard InChI is InChI=1S/C12H13N3O5S/c16-12-10-4-3-9(15(17)18)7-11(10)21(19,20)14(12)6-5-13-8-1-2-8/h3-4,7-8,13H,1-2,5-6H2. The highest BCUT2D eigenvalue weighted by molar-refractivity contribution is 7.90. The summed E-state index contributed by atoms with van der Waals surface area (Å²) in [4.78, 5) is 21.9. The quantitative estimate of drug-likeness (QED) is 0.626. The summed E-state index contributed by atoms with van der Waals surface area (Å²) in [6.45, 7) is 0.409. The number of rotatable bonds is 5. The molecular weight excluding hydrogens is 298 g/mol. The highest BCUT2D eigenvalue weighted by Gasteiger charge is 2.42. The van der Waals surface area contributed by atoms with E-state index in [4.69, 9.17) is 0 Å². The van der Waals surface area contributed by atoms with Crippen molar-refractivity contribution in [3.63, 3.8) is 0 Å². The van der Waals surface area contributed by atoms with E-state index >= 15 is 0 Å². The predicted octanol–water partition coefficient (Wildman–Crippen LogP) is 0.491. The second-order valence-electron chi connectivity index (χ2n) is 5.05. The van der Waals surface area contributed by atoms with E-state index < -0.39 is 20.9 Å². The van der Waals surface area contributed by atoms with Crippen molar-refractivity contribution >= 4 is 21.6 Å². The van der Waals surface area contributed by atoms with Crippen LogP contribution < -0.4 is 5.32 Å². The van der Waals surface area contributed by atoms with Crippen molar-refractivity contribution in [3.8, 4) is 0 Å². The summed E-state index contributed by atoms with van der Waals surface area (Å²) in [5, 5.41) is 13.9. The number of nitrogens with one attached hydrogen (secondary N) is 1. The molecule has 1 heterocycles. The molecule has 1 aliphatic heterocycles. The Kier molecular flexibility index (Phi) is 3.18. The van der Waals surface area contributed by atoms with E-state index in [9.17, 15) is 23.3 Å². The molecule has 1 N–H and O–H groups in total. The van der Waals surface area contributed by atoms with Gasteiger partial charge in [0, 0.05) is 24.7 Å². The molecule has 0 radical (unpaired) electrons. The fourth-order valence-electron chi connectivity index (χ4n) is 2.26. The molecule has 0 bridgehead atoms. The number of hydrogen-bond acceptors (Lipinski definition) is 6. The van der Waals surface area contributed by atoms with Gasteiger partial charge in [-0.3, -0.25) is 14.9 Å². The van der Waals surface area contributed by atoms with Gasteiger partial charge in [0.1, 0.15) is 4.90 Å². The summed E-state index contributed by atoms with van der Waals surface area (Å²) >= 11 is 0. The smallest absolute Gasteiger partial charge is 0.270 e. The molecule has 1 saturated carbocycles. The van der Waals surface area contributed by atoms with Crippen molar-refractivity contribution in [3.05, 3.63) is 33.9 Å². The summed E-state index contributed by atoms with van der Waals surface area (Å²) in [7, 11) is -3.99. The van der Waals surface area contributed by atoms with Crippen LogP contribution in [0.4, 0.5) is 5.69 Å². The largest absolute Gasteiger partial charge is 0.312 e. The maximum Gasteiger partial charge on any atom is 0.270 e. The molecule has 0 aromatic heterocycles. The molecule has 3 rings (SSSR count). The molecule has 1 amide bonds. The number of carbonyl (C=O) groups excluding carboxylic acids is 1. The van der Waals surface area contributed by atoms with Crippen LogP contribution in [0.1, 0.15) is 23.2 Å². The summed E-state index contributed by atoms with van der Waals surface area (Å²) in [5.41, 5.74) is -0.352. The number of benzene rings is 1. The van der Waals surface area contributed by atoms with E-state index in [0.29, 0.717) is 12.6 Å². The first-order chi connectivity index (χ1) is 9.91. The lowest BCUT2D eigenvalue weighted by Crippen LogP contribution is -2.36. The third-order valence-electron chi connectivity index (χ3n) is 3.53. The third-order valence-corrected chi connectivity index (χ3v) is 5.35. The molecule has 0 spiro atoms. The Hall–Kier alpha value is -2.00. The summed E-state index contributed by atoms with van der Waals surface area (Å²) in [5.74, 6) is -0.627. The Morgan fingerprint density at radius 3 is 2.71 bits per heavy atom. The van der Waals surface area contributed by atoms with Gasteiger partial charge in [0.2, 0.25) is 0 Å². The first kappa shape index (κ1) is 14.0. The van der Waals surface area contributed by atoms with Crippen LogP contribution in [0.15, 0.2) is 23.1 Å². The molecule has 0 saturated heterocycles. The SMILES string of the molecule is O=C1c2ccc([N+](=O)[O-])cc2S(=O)(=O)N1CCNC1CC1. The number of nitro benzene ring substituents is 1. The minimum absolute atomic E-state index is 0.00739. The Morgan fingerprint density at radius 2 is 2.10 bits per heavy atom. The van der Waals surface area contributed by atoms with Crippen molar-refractivity contribution < 1.29 is 18.1 Å². The van der Waals surface area contributed by atoms with Crippen LogP contribution in [0.2, 0.25) is 0 Å². The first-order valence-corrected chi connectivity index (χ1v) is 7.94. The molecule has 8 nitrogen and oxygen atoms in total. The normalized spacial score (nSPS) is 19.6. The molecule has 21 heavy (non-hydrogen) atoms. The molecule has 0 atom stereocenters. The molecule has 2 aliphatic rings. The van der Waals surface area contributed by atoms with Gasteiger partial charge in [-0.05, 0) is 18.9 Å². The van der Waals surface area contributed by atoms with Gasteiger partial charge < -0.3 is 5.32 Å². The zero-order valence-corrected chi connectivity index (χ0v) is 11.8. The fourth-order valence-corrected chi connectivity index (χ4v) is 3.84. The van der Waals surface area contributed by atoms with Gasteiger partial charge in [-0.1, -0.05) is 0 Å². The summed E-state index contributed by atoms with van der Waals surface area (Å²) in [6, 6.07) is 3.69. The van der Waals surface area contributed by atoms with Crippen LogP contribution in [0, 0.1) is 10.1 Å². The van der Waals surface area contributed by atoms with E-state index in [0.717, 1.165) is 29.3 Å². The molecule has 1 aromatic carbocycles. The number of sulfonamides is 1. The lowest BCUT2D eigenvalue weighted by molar-refractivity contribution is -0.385. The van der Waals surface area contributed by atoms with Crippen LogP contribution in [0.5, 0.6) is 0 Å². The Bertz CT molecular complexity index is 726. The van der Waals surface area contributed by atoms with Crippen LogP contribution in [-0.4, -0.2) is 42.7 Å². The van der Waals surface area contributed by atoms with Crippen LogP contribution in [-0.2, 0) is 10.0 Å². The van der Waals surface area contributed by atoms with Gasteiger partial charge in [0.05, 0.1) is 17.0 Å². The van der Waals surface area contributed by atoms with Gasteiger partial charge in [0.15, 0.2) is 0 Å². The van der Waals surface area contributed by atoms with Crippen molar-refractivity contribution in [1.82, 2.24) is 9.62 Å². The monoisotopic (exact) mass is 311 g/mol. The molecule has 9 heteroatoms. The van der Waals surface area contributed by atoms with E-state index in [1.54, 1.807) is 0 Å². The average molecular weight is 311 g/mol. The Labute approximate surface area is 120 Å². The van der Waals surface area contributed by atoms with Crippen molar-refractivity contribution in [1.29, 1.82) is 0 Å². The van der Waals surface area contributed by atoms with Crippen LogP contribution in [0.25, 0.3) is 0 Å². The maximum absolute atomic E-state index is 12.3. The zero-order chi connectivity index (χ0) is 15.2. The number of nitrogens with zero attached hydrogens (tertiary/aromatic N) is 2. The minimum Gasteiger partial charge on any atom is -0.312 e. The molecule has 112 valence electrons. The van der Waals surface area contributed by atoms with Crippen LogP contribution >= 0.6 is 0 Å². The second kappa shape index (κ2) is 4.78. The van der Waals surface area contributed by atoms with Crippen molar-refractivity contribution in [2.24, 2.45) is 0 Å². The molecule has 0 unspecified atom stereocenters. The average Bonchev–Trinajstić information content (AvgIpc) is 3.23. The first-order valence-electron chi connectivity index (χ1n) is 6.50. The van der Waals surface area contributed by atoms with E-state index in [-0.39, 0.29) is 22.7 Å². The van der Waals surface area contributed by atoms with E-state index in [1.807, 2.05) is 0 Å². The number of carbonyl (C=O) groups is 1. The highest BCUT2D eigenvalue weighted by atomic mass is 32.2. The Balaban J connectivity index is 1.88. The van der Waals surface area contributed by atoms with Gasteiger partial charge in [-0.25, -0.2) is 12.7 Å². The van der Waals surface area contributed by atoms with Crippen LogP contribution in [0.3, 0.4) is 0 Å². The third kappa shape index (κ3) is 2.38. The second-order valence-corrected chi connectivity index (χ2v) is 6.88. The topological polar surface area (TPSA) is 110 Å². The highest BCUT2D eigenvalue weighted by Crippen LogP contribution is 2.32. The fraction of sp³-hybridized carbons (Fsp3) is 0.417. The Morgan fingerprint density at radius 1 is 1.38 bits per heavy atom. The number of hydrogen-bond donors (Lipinski definition) is 1. The lowest BCUT2D eigenvalue weighted by atomic mass is 10.2. The number of non-ortho nitro benzene ring substituents is 1. The molecule has 1 aliphatic carbocycles. The summed E-state index contributed by atoms with van der Waals surface area (Å²) in [6.07, 6.45) is 2.13. The van der Waals surface area contributed by atoms with Crippen molar-refractivity contribution in [2.75, 3.05) is 13.1 Å². The number of amides is 1. The number of fused-ring (bicyclic) bond motifs is 1. The maximum atomic E-state index is 12.3. The molecule has 1 fully saturated rings. The lowest BCUT2D eigenvalue weighted by Gasteiger charge is -2.15.